The Labute approximate surface area is 139 Å². The Hall–Kier alpha value is -2.42. The zero-order chi connectivity index (χ0) is 15.8. The van der Waals surface area contributed by atoms with Crippen molar-refractivity contribution in [1.29, 1.82) is 0 Å². The van der Waals surface area contributed by atoms with Crippen LogP contribution < -0.4 is 0 Å². The van der Waals surface area contributed by atoms with E-state index in [1.807, 2.05) is 42.5 Å². The second-order valence-corrected chi connectivity index (χ2v) is 6.73. The molecule has 1 atom stereocenters. The van der Waals surface area contributed by atoms with Gasteiger partial charge in [-0.3, -0.25) is 0 Å². The highest BCUT2D eigenvalue weighted by Gasteiger charge is 2.18. The first-order valence-corrected chi connectivity index (χ1v) is 8.40. The topological polar surface area (TPSA) is 20.2 Å². The van der Waals surface area contributed by atoms with Crippen molar-refractivity contribution in [2.75, 3.05) is 0 Å². The van der Waals surface area contributed by atoms with E-state index in [4.69, 9.17) is 0 Å². The quantitative estimate of drug-likeness (QED) is 0.475. The number of thiophene rings is 1. The molecular weight excluding hydrogens is 300 g/mol. The molecule has 0 fully saturated rings. The Morgan fingerprint density at radius 3 is 2.04 bits per heavy atom. The highest BCUT2D eigenvalue weighted by molar-refractivity contribution is 7.13. The molecule has 0 radical (unpaired) electrons. The molecule has 0 aliphatic carbocycles. The molecule has 0 bridgehead atoms. The van der Waals surface area contributed by atoms with Crippen molar-refractivity contribution in [2.45, 2.75) is 6.10 Å². The van der Waals surface area contributed by atoms with Crippen LogP contribution in [0.3, 0.4) is 0 Å². The number of hydrogen-bond donors (Lipinski definition) is 1. The first-order chi connectivity index (χ1) is 11.3. The third-order valence-electron chi connectivity index (χ3n) is 4.20. The normalized spacial score (nSPS) is 12.6. The lowest BCUT2D eigenvalue weighted by Gasteiger charge is -2.16. The molecule has 23 heavy (non-hydrogen) atoms. The van der Waals surface area contributed by atoms with Gasteiger partial charge in [-0.25, -0.2) is 0 Å². The van der Waals surface area contributed by atoms with Crippen LogP contribution in [0, 0.1) is 0 Å². The van der Waals surface area contributed by atoms with Gasteiger partial charge in [-0.15, -0.1) is 11.3 Å². The van der Waals surface area contributed by atoms with Gasteiger partial charge in [-0.05, 0) is 39.7 Å². The molecule has 1 N–H and O–H groups in total. The molecule has 0 aliphatic heterocycles. The third kappa shape index (κ3) is 2.37. The molecule has 1 unspecified atom stereocenters. The molecule has 4 aromatic rings. The second-order valence-electron chi connectivity index (χ2n) is 5.58. The Morgan fingerprint density at radius 1 is 0.870 bits per heavy atom. The maximum absolute atomic E-state index is 11.1. The second kappa shape index (κ2) is 5.65. The van der Waals surface area contributed by atoms with E-state index in [0.29, 0.717) is 0 Å². The highest BCUT2D eigenvalue weighted by Crippen LogP contribution is 2.37. The van der Waals surface area contributed by atoms with Crippen molar-refractivity contribution in [2.24, 2.45) is 0 Å². The lowest BCUT2D eigenvalue weighted by Crippen LogP contribution is -1.99. The lowest BCUT2D eigenvalue weighted by atomic mass is 9.93. The van der Waals surface area contributed by atoms with E-state index in [-0.39, 0.29) is 0 Å². The van der Waals surface area contributed by atoms with E-state index in [2.05, 4.69) is 36.9 Å². The van der Waals surface area contributed by atoms with Crippen LogP contribution >= 0.6 is 11.3 Å². The van der Waals surface area contributed by atoms with Gasteiger partial charge < -0.3 is 5.11 Å². The van der Waals surface area contributed by atoms with Crippen LogP contribution in [0.1, 0.15) is 21.4 Å². The molecule has 112 valence electrons. The van der Waals surface area contributed by atoms with E-state index in [1.54, 1.807) is 11.3 Å². The predicted molar refractivity (Wildman–Crippen MR) is 99.9 cm³/mol. The van der Waals surface area contributed by atoms with Crippen molar-refractivity contribution in [1.82, 2.24) is 0 Å². The molecule has 3 aromatic carbocycles. The number of aliphatic hydroxyl groups is 1. The predicted octanol–water partition coefficient (Wildman–Crippen LogP) is 5.78. The zero-order valence-corrected chi connectivity index (χ0v) is 13.4. The van der Waals surface area contributed by atoms with Gasteiger partial charge in [0.05, 0.1) is 0 Å². The first kappa shape index (κ1) is 14.2. The van der Waals surface area contributed by atoms with Crippen LogP contribution in [0.5, 0.6) is 0 Å². The molecule has 1 nitrogen and oxygen atoms in total. The van der Waals surface area contributed by atoms with E-state index < -0.39 is 6.10 Å². The van der Waals surface area contributed by atoms with Gasteiger partial charge in [0, 0.05) is 15.3 Å². The maximum Gasteiger partial charge on any atom is 0.114 e. The average molecular weight is 316 g/mol. The fourth-order valence-electron chi connectivity index (χ4n) is 3.11. The van der Waals surface area contributed by atoms with E-state index in [0.717, 1.165) is 36.9 Å². The Bertz CT molecular complexity index is 959. The lowest BCUT2D eigenvalue weighted by molar-refractivity contribution is 0.227. The summed E-state index contributed by atoms with van der Waals surface area (Å²) in [6.07, 6.45) is 1.19. The number of benzene rings is 3. The van der Waals surface area contributed by atoms with Gasteiger partial charge in [0.1, 0.15) is 6.10 Å². The van der Waals surface area contributed by atoms with Crippen molar-refractivity contribution in [3.8, 4) is 0 Å². The fourth-order valence-corrected chi connectivity index (χ4v) is 3.97. The summed E-state index contributed by atoms with van der Waals surface area (Å²) < 4.78 is 0. The molecule has 0 aliphatic rings. The summed E-state index contributed by atoms with van der Waals surface area (Å²) in [5.41, 5.74) is 0.983. The Morgan fingerprint density at radius 2 is 1.48 bits per heavy atom. The SMILES string of the molecule is C=Cc1ccc(C(O)c2c3ccccc3cc3ccccc23)s1. The largest absolute Gasteiger partial charge is 0.383 e. The van der Waals surface area contributed by atoms with Crippen molar-refractivity contribution >= 4 is 39.0 Å². The average Bonchev–Trinajstić information content (AvgIpc) is 3.08. The van der Waals surface area contributed by atoms with Gasteiger partial charge >= 0.3 is 0 Å². The minimum absolute atomic E-state index is 0.635. The third-order valence-corrected chi connectivity index (χ3v) is 5.34. The number of fused-ring (bicyclic) bond motifs is 2. The van der Waals surface area contributed by atoms with Crippen LogP contribution in [0.25, 0.3) is 27.6 Å². The maximum atomic E-state index is 11.1. The molecule has 0 saturated carbocycles. The number of rotatable bonds is 3. The van der Waals surface area contributed by atoms with Gasteiger partial charge in [0.15, 0.2) is 0 Å². The van der Waals surface area contributed by atoms with Crippen LogP contribution in [0.15, 0.2) is 73.3 Å². The number of hydrogen-bond acceptors (Lipinski definition) is 2. The van der Waals surface area contributed by atoms with Gasteiger partial charge in [0.25, 0.3) is 0 Å². The summed E-state index contributed by atoms with van der Waals surface area (Å²) >= 11 is 1.58. The molecule has 1 heterocycles. The fraction of sp³-hybridized carbons (Fsp3) is 0.0476. The van der Waals surface area contributed by atoms with Crippen LogP contribution in [0.2, 0.25) is 0 Å². The Balaban J connectivity index is 2.03. The molecule has 0 saturated heterocycles. The minimum Gasteiger partial charge on any atom is -0.383 e. The molecular formula is C21H16OS. The smallest absolute Gasteiger partial charge is 0.114 e. The minimum atomic E-state index is -0.635. The summed E-state index contributed by atoms with van der Waals surface area (Å²) in [5.74, 6) is 0. The monoisotopic (exact) mass is 316 g/mol. The molecule has 4 rings (SSSR count). The van der Waals surface area contributed by atoms with E-state index in [1.165, 1.54) is 0 Å². The van der Waals surface area contributed by atoms with Crippen molar-refractivity contribution in [3.63, 3.8) is 0 Å². The summed E-state index contributed by atoms with van der Waals surface area (Å²) in [7, 11) is 0. The number of aliphatic hydroxyl groups excluding tert-OH is 1. The van der Waals surface area contributed by atoms with E-state index in [9.17, 15) is 5.11 Å². The summed E-state index contributed by atoms with van der Waals surface area (Å²) in [6.45, 7) is 3.80. The standard InChI is InChI=1S/C21H16OS/c1-2-16-11-12-19(23-16)21(22)20-17-9-5-3-7-14(17)13-15-8-4-6-10-18(15)20/h2-13,21-22H,1H2. The Kier molecular flexibility index (Phi) is 3.49. The molecule has 0 spiro atoms. The zero-order valence-electron chi connectivity index (χ0n) is 12.6. The van der Waals surface area contributed by atoms with Crippen molar-refractivity contribution in [3.05, 3.63) is 88.6 Å². The van der Waals surface area contributed by atoms with Gasteiger partial charge in [0.2, 0.25) is 0 Å². The first-order valence-electron chi connectivity index (χ1n) is 7.58. The van der Waals surface area contributed by atoms with Crippen LogP contribution in [0.4, 0.5) is 0 Å². The van der Waals surface area contributed by atoms with Crippen LogP contribution in [-0.4, -0.2) is 5.11 Å². The summed E-state index contributed by atoms with van der Waals surface area (Å²) in [4.78, 5) is 2.02. The van der Waals surface area contributed by atoms with Gasteiger partial charge in [-0.1, -0.05) is 61.2 Å². The molecule has 1 aromatic heterocycles. The summed E-state index contributed by atoms with van der Waals surface area (Å²) in [5, 5.41) is 15.6. The van der Waals surface area contributed by atoms with Gasteiger partial charge in [-0.2, -0.15) is 0 Å². The van der Waals surface area contributed by atoms with E-state index >= 15 is 0 Å². The molecule has 2 heteroatoms. The van der Waals surface area contributed by atoms with Crippen LogP contribution in [-0.2, 0) is 0 Å². The van der Waals surface area contributed by atoms with Crippen molar-refractivity contribution < 1.29 is 5.11 Å². The highest BCUT2D eigenvalue weighted by atomic mass is 32.1. The molecule has 0 amide bonds. The summed E-state index contributed by atoms with van der Waals surface area (Å²) in [6, 6.07) is 22.7.